The molecule has 1 aliphatic heterocycles. The van der Waals surface area contributed by atoms with Crippen LogP contribution in [0.25, 0.3) is 6.08 Å². The minimum Gasteiger partial charge on any atom is -0.490 e. The van der Waals surface area contributed by atoms with E-state index in [0.29, 0.717) is 50.2 Å². The zero-order valence-corrected chi connectivity index (χ0v) is 21.0. The van der Waals surface area contributed by atoms with E-state index >= 15 is 0 Å². The molecule has 34 heavy (non-hydrogen) atoms. The van der Waals surface area contributed by atoms with Crippen molar-refractivity contribution in [3.05, 3.63) is 92.6 Å². The second-order valence-corrected chi connectivity index (χ2v) is 9.64. The van der Waals surface area contributed by atoms with Crippen molar-refractivity contribution in [1.82, 2.24) is 0 Å². The van der Waals surface area contributed by atoms with Gasteiger partial charge in [0.05, 0.1) is 27.2 Å². The lowest BCUT2D eigenvalue weighted by Crippen LogP contribution is -2.27. The summed E-state index contributed by atoms with van der Waals surface area (Å²) in [6.07, 6.45) is 1.68. The molecule has 0 radical (unpaired) electrons. The lowest BCUT2D eigenvalue weighted by molar-refractivity contribution is -0.113. The Hall–Kier alpha value is -2.58. The van der Waals surface area contributed by atoms with Gasteiger partial charge in [0.25, 0.3) is 5.91 Å². The first-order valence-corrected chi connectivity index (χ1v) is 12.2. The molecule has 4 nitrogen and oxygen atoms in total. The van der Waals surface area contributed by atoms with E-state index in [2.05, 4.69) is 0 Å². The van der Waals surface area contributed by atoms with Crippen molar-refractivity contribution in [2.75, 3.05) is 11.5 Å². The van der Waals surface area contributed by atoms with Gasteiger partial charge in [-0.2, -0.15) is 0 Å². The third-order valence-corrected chi connectivity index (χ3v) is 6.68. The molecule has 0 unspecified atom stereocenters. The van der Waals surface area contributed by atoms with Crippen LogP contribution in [0.4, 0.5) is 10.1 Å². The molecular formula is C25H18Cl2FNO3S2. The Bertz CT molecular complexity index is 1280. The first-order valence-electron chi connectivity index (χ1n) is 10.2. The quantitative estimate of drug-likeness (QED) is 0.232. The number of amides is 1. The van der Waals surface area contributed by atoms with E-state index in [0.717, 1.165) is 17.3 Å². The van der Waals surface area contributed by atoms with Crippen LogP contribution >= 0.6 is 47.2 Å². The van der Waals surface area contributed by atoms with E-state index in [9.17, 15) is 9.18 Å². The molecule has 0 atom stereocenters. The molecule has 0 aromatic heterocycles. The van der Waals surface area contributed by atoms with Crippen LogP contribution in [0.2, 0.25) is 10.0 Å². The Kier molecular flexibility index (Phi) is 7.78. The predicted molar refractivity (Wildman–Crippen MR) is 140 cm³/mol. The number of carbonyl (C=O) groups is 1. The van der Waals surface area contributed by atoms with Gasteiger partial charge in [-0.3, -0.25) is 9.69 Å². The van der Waals surface area contributed by atoms with E-state index in [1.165, 1.54) is 23.1 Å². The van der Waals surface area contributed by atoms with Gasteiger partial charge in [-0.25, -0.2) is 4.39 Å². The van der Waals surface area contributed by atoms with Crippen LogP contribution in [0, 0.1) is 5.82 Å². The summed E-state index contributed by atoms with van der Waals surface area (Å²) in [5.74, 6) is -0.00812. The van der Waals surface area contributed by atoms with Crippen LogP contribution in [-0.4, -0.2) is 16.8 Å². The zero-order chi connectivity index (χ0) is 24.2. The van der Waals surface area contributed by atoms with E-state index in [1.54, 1.807) is 18.2 Å². The van der Waals surface area contributed by atoms with E-state index in [-0.39, 0.29) is 10.9 Å². The largest absolute Gasteiger partial charge is 0.490 e. The fraction of sp³-hybridized carbons (Fsp3) is 0.120. The number of hydrogen-bond acceptors (Lipinski definition) is 5. The molecule has 1 saturated heterocycles. The highest BCUT2D eigenvalue weighted by molar-refractivity contribution is 8.27. The number of halogens is 3. The summed E-state index contributed by atoms with van der Waals surface area (Å²) in [6.45, 7) is 2.61. The van der Waals surface area contributed by atoms with Crippen LogP contribution in [0.5, 0.6) is 11.5 Å². The SMILES string of the molecule is CCOc1cc(C=C2SC(=S)N(c3ccc(F)c(Cl)c3)C2=O)cc(Cl)c1OCc1ccccc1. The maximum atomic E-state index is 13.5. The molecule has 4 rings (SSSR count). The van der Waals surface area contributed by atoms with Crippen LogP contribution < -0.4 is 14.4 Å². The Labute approximate surface area is 216 Å². The van der Waals surface area contributed by atoms with Crippen molar-refractivity contribution in [2.24, 2.45) is 0 Å². The fourth-order valence-corrected chi connectivity index (χ4v) is 5.02. The highest BCUT2D eigenvalue weighted by Gasteiger charge is 2.33. The highest BCUT2D eigenvalue weighted by atomic mass is 35.5. The van der Waals surface area contributed by atoms with Crippen LogP contribution in [0.1, 0.15) is 18.1 Å². The maximum absolute atomic E-state index is 13.5. The lowest BCUT2D eigenvalue weighted by Gasteiger charge is -2.15. The standard InChI is InChI=1S/C25H18Cl2FNO3S2/c1-2-31-21-11-16(10-19(27)23(21)32-14-15-6-4-3-5-7-15)12-22-24(30)29(25(33)34-22)17-8-9-20(28)18(26)13-17/h3-13H,2,14H2,1H3. The second-order valence-electron chi connectivity index (χ2n) is 7.15. The third kappa shape index (κ3) is 5.39. The summed E-state index contributed by atoms with van der Waals surface area (Å²) in [5, 5.41) is 0.267. The Morgan fingerprint density at radius 3 is 2.53 bits per heavy atom. The summed E-state index contributed by atoms with van der Waals surface area (Å²) in [6, 6.07) is 17.2. The number of rotatable bonds is 7. The molecule has 1 heterocycles. The van der Waals surface area contributed by atoms with Crippen molar-refractivity contribution >= 4 is 69.2 Å². The fourth-order valence-electron chi connectivity index (χ4n) is 3.27. The van der Waals surface area contributed by atoms with Crippen molar-refractivity contribution in [3.63, 3.8) is 0 Å². The van der Waals surface area contributed by atoms with E-state index in [4.69, 9.17) is 44.9 Å². The zero-order valence-electron chi connectivity index (χ0n) is 17.9. The number of benzene rings is 3. The number of hydrogen-bond donors (Lipinski definition) is 0. The highest BCUT2D eigenvalue weighted by Crippen LogP contribution is 2.41. The molecule has 1 amide bonds. The van der Waals surface area contributed by atoms with Gasteiger partial charge in [0.2, 0.25) is 0 Å². The lowest BCUT2D eigenvalue weighted by atomic mass is 10.1. The van der Waals surface area contributed by atoms with Gasteiger partial charge in [-0.1, -0.05) is 77.5 Å². The van der Waals surface area contributed by atoms with Gasteiger partial charge in [-0.05, 0) is 54.5 Å². The summed E-state index contributed by atoms with van der Waals surface area (Å²) in [7, 11) is 0. The molecule has 1 fully saturated rings. The molecule has 0 aliphatic carbocycles. The van der Waals surface area contributed by atoms with E-state index in [1.807, 2.05) is 37.3 Å². The number of thiocarbonyl (C=S) groups is 1. The van der Waals surface area contributed by atoms with Crippen molar-refractivity contribution < 1.29 is 18.7 Å². The summed E-state index contributed by atoms with van der Waals surface area (Å²) in [4.78, 5) is 14.8. The molecule has 0 bridgehead atoms. The van der Waals surface area contributed by atoms with E-state index < -0.39 is 5.82 Å². The number of thioether (sulfide) groups is 1. The van der Waals surface area contributed by atoms with Crippen molar-refractivity contribution in [3.8, 4) is 11.5 Å². The minimum absolute atomic E-state index is 0.0882. The molecular weight excluding hydrogens is 516 g/mol. The molecule has 9 heteroatoms. The first kappa shape index (κ1) is 24.5. The second kappa shape index (κ2) is 10.8. The average Bonchev–Trinajstić information content (AvgIpc) is 3.08. The van der Waals surface area contributed by atoms with Crippen LogP contribution in [0.15, 0.2) is 65.6 Å². The minimum atomic E-state index is -0.570. The van der Waals surface area contributed by atoms with Gasteiger partial charge in [0, 0.05) is 0 Å². The number of ether oxygens (including phenoxy) is 2. The van der Waals surface area contributed by atoms with Crippen molar-refractivity contribution in [2.45, 2.75) is 13.5 Å². The first-order chi connectivity index (χ1) is 16.4. The molecule has 0 N–H and O–H groups in total. The Morgan fingerprint density at radius 1 is 1.06 bits per heavy atom. The van der Waals surface area contributed by atoms with Crippen molar-refractivity contribution in [1.29, 1.82) is 0 Å². The smallest absolute Gasteiger partial charge is 0.270 e. The summed E-state index contributed by atoms with van der Waals surface area (Å²) >= 11 is 18.9. The van der Waals surface area contributed by atoms with Gasteiger partial charge < -0.3 is 9.47 Å². The molecule has 3 aromatic rings. The average molecular weight is 534 g/mol. The number of nitrogens with zero attached hydrogens (tertiary/aromatic N) is 1. The normalized spacial score (nSPS) is 14.7. The topological polar surface area (TPSA) is 38.8 Å². The summed E-state index contributed by atoms with van der Waals surface area (Å²) in [5.41, 5.74) is 2.04. The maximum Gasteiger partial charge on any atom is 0.270 e. The molecule has 3 aromatic carbocycles. The van der Waals surface area contributed by atoms with Crippen LogP contribution in [-0.2, 0) is 11.4 Å². The monoisotopic (exact) mass is 533 g/mol. The predicted octanol–water partition coefficient (Wildman–Crippen LogP) is 7.52. The van der Waals surface area contributed by atoms with Gasteiger partial charge >= 0.3 is 0 Å². The molecule has 174 valence electrons. The molecule has 1 aliphatic rings. The third-order valence-electron chi connectivity index (χ3n) is 4.81. The Morgan fingerprint density at radius 2 is 1.82 bits per heavy atom. The number of anilines is 1. The summed E-state index contributed by atoms with van der Waals surface area (Å²) < 4.78 is 25.6. The molecule has 0 spiro atoms. The molecule has 0 saturated carbocycles. The van der Waals surface area contributed by atoms with Gasteiger partial charge in [0.15, 0.2) is 15.8 Å². The van der Waals surface area contributed by atoms with Gasteiger partial charge in [0.1, 0.15) is 12.4 Å². The number of carbonyl (C=O) groups excluding carboxylic acids is 1. The van der Waals surface area contributed by atoms with Crippen LogP contribution in [0.3, 0.4) is 0 Å². The Balaban J connectivity index is 1.61. The van der Waals surface area contributed by atoms with Gasteiger partial charge in [-0.15, -0.1) is 0 Å².